The van der Waals surface area contributed by atoms with Crippen molar-refractivity contribution < 1.29 is 27.4 Å². The highest BCUT2D eigenvalue weighted by Gasteiger charge is 2.50. The van der Waals surface area contributed by atoms with Crippen molar-refractivity contribution in [2.75, 3.05) is 26.2 Å². The zero-order chi connectivity index (χ0) is 25.6. The van der Waals surface area contributed by atoms with E-state index in [4.69, 9.17) is 5.73 Å². The normalized spacial score (nSPS) is 21.0. The molecule has 2 aliphatic rings. The number of hydrogen-bond acceptors (Lipinski definition) is 7. The summed E-state index contributed by atoms with van der Waals surface area (Å²) in [5.74, 6) is -0.319. The molecule has 0 aromatic heterocycles. The number of unbranched alkanes of at least 4 members (excludes halogenated alkanes) is 1. The topological polar surface area (TPSA) is 138 Å². The maximum absolute atomic E-state index is 13.2. The maximum Gasteiger partial charge on any atom is 0.288 e. The fourth-order valence-corrected chi connectivity index (χ4v) is 6.71. The molecule has 2 fully saturated rings. The van der Waals surface area contributed by atoms with Crippen LogP contribution in [0.5, 0.6) is 0 Å². The molecule has 1 amide bonds. The second-order valence-corrected chi connectivity index (χ2v) is 11.3. The molecule has 2 aliphatic heterocycles. The molecule has 0 aliphatic carbocycles. The van der Waals surface area contributed by atoms with Gasteiger partial charge >= 0.3 is 0 Å². The van der Waals surface area contributed by atoms with Crippen molar-refractivity contribution in [2.45, 2.75) is 75.6 Å². The number of primary amides is 1. The molecule has 194 valence electrons. The van der Waals surface area contributed by atoms with E-state index in [-0.39, 0.29) is 55.5 Å². The first-order valence-electron chi connectivity index (χ1n) is 12.5. The van der Waals surface area contributed by atoms with Gasteiger partial charge < -0.3 is 5.73 Å². The summed E-state index contributed by atoms with van der Waals surface area (Å²) in [7, 11) is -4.66. The number of nitrogens with two attached hydrogens (primary N) is 1. The number of amides is 1. The molecule has 0 radical (unpaired) electrons. The van der Waals surface area contributed by atoms with E-state index in [2.05, 4.69) is 11.8 Å². The Balaban J connectivity index is 1.99. The van der Waals surface area contributed by atoms with E-state index in [1.807, 2.05) is 0 Å². The van der Waals surface area contributed by atoms with Crippen LogP contribution in [0.1, 0.15) is 80.6 Å². The predicted molar refractivity (Wildman–Crippen MR) is 132 cm³/mol. The number of benzene rings is 1. The summed E-state index contributed by atoms with van der Waals surface area (Å²) in [5, 5.41) is 0. The van der Waals surface area contributed by atoms with Crippen molar-refractivity contribution in [3.63, 3.8) is 0 Å². The molecular formula is C25H37N3O6S. The van der Waals surface area contributed by atoms with Gasteiger partial charge in [-0.25, -0.2) is 0 Å². The number of hydrogen-bond donors (Lipinski definition) is 2. The fourth-order valence-electron chi connectivity index (χ4n) is 5.39. The van der Waals surface area contributed by atoms with Gasteiger partial charge in [-0.2, -0.15) is 8.42 Å². The van der Waals surface area contributed by atoms with Crippen molar-refractivity contribution in [1.82, 2.24) is 9.80 Å². The van der Waals surface area contributed by atoms with Crippen molar-refractivity contribution in [1.29, 1.82) is 0 Å². The quantitative estimate of drug-likeness (QED) is 0.436. The van der Waals surface area contributed by atoms with E-state index >= 15 is 0 Å². The first kappa shape index (κ1) is 27.4. The molecule has 2 heterocycles. The Morgan fingerprint density at radius 1 is 1.00 bits per heavy atom. The van der Waals surface area contributed by atoms with E-state index < -0.39 is 20.9 Å². The predicted octanol–water partition coefficient (Wildman–Crippen LogP) is 2.49. The van der Waals surface area contributed by atoms with Crippen molar-refractivity contribution in [3.8, 4) is 0 Å². The molecule has 2 saturated heterocycles. The molecule has 0 bridgehead atoms. The second kappa shape index (κ2) is 11.7. The molecule has 0 saturated carbocycles. The zero-order valence-electron chi connectivity index (χ0n) is 20.4. The Morgan fingerprint density at radius 3 is 2.03 bits per heavy atom. The summed E-state index contributed by atoms with van der Waals surface area (Å²) >= 11 is 0. The third-order valence-electron chi connectivity index (χ3n) is 7.46. The van der Waals surface area contributed by atoms with Gasteiger partial charge in [0.2, 0.25) is 5.91 Å². The van der Waals surface area contributed by atoms with E-state index in [0.29, 0.717) is 37.9 Å². The summed E-state index contributed by atoms with van der Waals surface area (Å²) in [5.41, 5.74) is 5.96. The fraction of sp³-hybridized carbons (Fsp3) is 0.640. The number of ketones is 2. The van der Waals surface area contributed by atoms with Crippen LogP contribution in [0, 0.1) is 0 Å². The van der Waals surface area contributed by atoms with E-state index in [1.54, 1.807) is 4.90 Å². The molecule has 3 N–H and O–H groups in total. The number of carbonyl (C=O) groups is 3. The van der Waals surface area contributed by atoms with Gasteiger partial charge in [0, 0.05) is 63.5 Å². The number of nitrogens with zero attached hydrogens (tertiary/aromatic N) is 2. The Kier molecular flexibility index (Phi) is 9.20. The van der Waals surface area contributed by atoms with Gasteiger partial charge in [-0.05, 0) is 37.0 Å². The summed E-state index contributed by atoms with van der Waals surface area (Å²) in [6, 6.07) is 6.07. The highest BCUT2D eigenvalue weighted by molar-refractivity contribution is 7.86. The number of carbonyl (C=O) groups excluding carboxylic acids is 3. The van der Waals surface area contributed by atoms with Crippen LogP contribution in [0.15, 0.2) is 24.3 Å². The van der Waals surface area contributed by atoms with Crippen LogP contribution in [0.3, 0.4) is 0 Å². The van der Waals surface area contributed by atoms with Gasteiger partial charge in [0.05, 0.1) is 0 Å². The maximum atomic E-state index is 13.2. The van der Waals surface area contributed by atoms with Crippen molar-refractivity contribution in [3.05, 3.63) is 35.4 Å². The number of rotatable bonds is 11. The van der Waals surface area contributed by atoms with Crippen LogP contribution in [-0.4, -0.2) is 72.5 Å². The molecule has 1 aromatic carbocycles. The van der Waals surface area contributed by atoms with Gasteiger partial charge in [-0.1, -0.05) is 31.9 Å². The van der Waals surface area contributed by atoms with Gasteiger partial charge in [-0.15, -0.1) is 0 Å². The van der Waals surface area contributed by atoms with Gasteiger partial charge in [-0.3, -0.25) is 28.7 Å². The first-order valence-corrected chi connectivity index (χ1v) is 13.9. The van der Waals surface area contributed by atoms with Gasteiger partial charge in [0.1, 0.15) is 11.6 Å². The summed E-state index contributed by atoms with van der Waals surface area (Å²) in [6.45, 7) is 3.83. The zero-order valence-corrected chi connectivity index (χ0v) is 21.3. The lowest BCUT2D eigenvalue weighted by Gasteiger charge is -2.45. The Labute approximate surface area is 207 Å². The van der Waals surface area contributed by atoms with Crippen LogP contribution in [0.2, 0.25) is 0 Å². The molecule has 3 rings (SSSR count). The van der Waals surface area contributed by atoms with E-state index in [0.717, 1.165) is 19.3 Å². The second-order valence-electron chi connectivity index (χ2n) is 9.64. The first-order chi connectivity index (χ1) is 16.6. The van der Waals surface area contributed by atoms with Gasteiger partial charge in [0.15, 0.2) is 4.87 Å². The molecule has 1 aromatic rings. The van der Waals surface area contributed by atoms with Crippen LogP contribution < -0.4 is 5.73 Å². The Morgan fingerprint density at radius 2 is 1.54 bits per heavy atom. The molecule has 2 unspecified atom stereocenters. The van der Waals surface area contributed by atoms with Crippen LogP contribution in [-0.2, 0) is 24.6 Å². The molecule has 10 heteroatoms. The molecule has 9 nitrogen and oxygen atoms in total. The van der Waals surface area contributed by atoms with Gasteiger partial charge in [0.25, 0.3) is 10.1 Å². The Bertz CT molecular complexity index is 1010. The minimum absolute atomic E-state index is 0.0633. The lowest BCUT2D eigenvalue weighted by Crippen LogP contribution is -2.55. The number of Topliss-reactive ketones (excluding diaryl/α,β-unsaturated/α-hetero) is 2. The lowest BCUT2D eigenvalue weighted by atomic mass is 9.91. The average molecular weight is 508 g/mol. The van der Waals surface area contributed by atoms with E-state index in [1.165, 1.54) is 24.3 Å². The molecule has 2 atom stereocenters. The minimum atomic E-state index is -4.66. The third-order valence-corrected chi connectivity index (χ3v) is 9.01. The summed E-state index contributed by atoms with van der Waals surface area (Å²) < 4.78 is 37.1. The number of likely N-dealkylation sites (tertiary alicyclic amines) is 2. The molecule has 0 spiro atoms. The Hall–Kier alpha value is -2.14. The molecule has 35 heavy (non-hydrogen) atoms. The van der Waals surface area contributed by atoms with Crippen LogP contribution in [0.25, 0.3) is 0 Å². The lowest BCUT2D eigenvalue weighted by molar-refractivity contribution is -0.123. The van der Waals surface area contributed by atoms with E-state index in [9.17, 15) is 27.4 Å². The summed E-state index contributed by atoms with van der Waals surface area (Å²) in [4.78, 5) is 37.5. The van der Waals surface area contributed by atoms with Crippen molar-refractivity contribution in [2.24, 2.45) is 5.73 Å². The van der Waals surface area contributed by atoms with Crippen molar-refractivity contribution >= 4 is 27.6 Å². The summed E-state index contributed by atoms with van der Waals surface area (Å²) in [6.07, 6.45) is 4.86. The SMILES string of the molecule is CCCCC(CCC(c1ccc(C(N)=O)cc1)(N1CCC(=O)CC1)S(=O)(=O)O)N1CCC(=O)CC1. The van der Waals surface area contributed by atoms with Crippen LogP contribution >= 0.6 is 0 Å². The van der Waals surface area contributed by atoms with Crippen LogP contribution in [0.4, 0.5) is 0 Å². The standard InChI is InChI=1S/C25H37N3O6S/c1-2-3-4-21(27-15-10-22(29)11-16-27)9-14-25(35(32,33)34,28-17-12-23(30)13-18-28)20-7-5-19(6-8-20)24(26)31/h5-8,21H,2-4,9-18H2,1H3,(H2,26,31)(H,32,33,34). The highest BCUT2D eigenvalue weighted by Crippen LogP contribution is 2.41. The third kappa shape index (κ3) is 6.35. The smallest absolute Gasteiger partial charge is 0.288 e. The minimum Gasteiger partial charge on any atom is -0.366 e. The average Bonchev–Trinajstić information content (AvgIpc) is 2.82. The molecular weight excluding hydrogens is 470 g/mol. The highest BCUT2D eigenvalue weighted by atomic mass is 32.2. The largest absolute Gasteiger partial charge is 0.366 e. The monoisotopic (exact) mass is 507 g/mol. The number of piperidine rings is 2.